The molecule has 0 spiro atoms. The minimum Gasteiger partial charge on any atom is -0.306 e. The van der Waals surface area contributed by atoms with Gasteiger partial charge in [0, 0.05) is 17.4 Å². The van der Waals surface area contributed by atoms with Gasteiger partial charge in [0.05, 0.1) is 15.6 Å². The van der Waals surface area contributed by atoms with Crippen LogP contribution in [0.4, 0.5) is 0 Å². The van der Waals surface area contributed by atoms with Gasteiger partial charge in [0.1, 0.15) is 0 Å². The molecule has 0 aliphatic heterocycles. The van der Waals surface area contributed by atoms with E-state index in [2.05, 4.69) is 9.97 Å². The number of hydrogen-bond acceptors (Lipinski definition) is 3. The quantitative estimate of drug-likeness (QED) is 0.909. The Hall–Kier alpha value is -1.13. The molecule has 0 aromatic carbocycles. The maximum absolute atomic E-state index is 11.7. The third-order valence-corrected chi connectivity index (χ3v) is 4.62. The van der Waals surface area contributed by atoms with Crippen LogP contribution in [0.25, 0.3) is 10.7 Å². The van der Waals surface area contributed by atoms with Crippen LogP contribution in [-0.4, -0.2) is 9.97 Å². The highest BCUT2D eigenvalue weighted by Crippen LogP contribution is 2.33. The van der Waals surface area contributed by atoms with E-state index in [-0.39, 0.29) is 5.56 Å². The van der Waals surface area contributed by atoms with Gasteiger partial charge in [0.25, 0.3) is 5.56 Å². The number of H-pyrrole nitrogens is 1. The molecule has 1 saturated carbocycles. The van der Waals surface area contributed by atoms with Crippen molar-refractivity contribution in [1.82, 2.24) is 9.97 Å². The van der Waals surface area contributed by atoms with E-state index < -0.39 is 0 Å². The number of halogens is 1. The Labute approximate surface area is 114 Å². The van der Waals surface area contributed by atoms with E-state index in [1.54, 1.807) is 6.07 Å². The molecule has 3 nitrogen and oxygen atoms in total. The normalized spacial score (nSPS) is 16.3. The summed E-state index contributed by atoms with van der Waals surface area (Å²) in [5, 5.41) is 2.53. The molecule has 0 atom stereocenters. The molecule has 2 aromatic heterocycles. The first kappa shape index (κ1) is 11.9. The molecule has 18 heavy (non-hydrogen) atoms. The Morgan fingerprint density at radius 1 is 1.33 bits per heavy atom. The van der Waals surface area contributed by atoms with Gasteiger partial charge < -0.3 is 4.98 Å². The second-order valence-corrected chi connectivity index (χ2v) is 5.98. The van der Waals surface area contributed by atoms with Gasteiger partial charge in [-0.1, -0.05) is 24.4 Å². The lowest BCUT2D eigenvalue weighted by atomic mass is 10.0. The van der Waals surface area contributed by atoms with E-state index >= 15 is 0 Å². The van der Waals surface area contributed by atoms with Crippen LogP contribution in [0.5, 0.6) is 0 Å². The second-order valence-electron chi connectivity index (χ2n) is 4.63. The lowest BCUT2D eigenvalue weighted by Gasteiger charge is -2.08. The van der Waals surface area contributed by atoms with E-state index in [0.717, 1.165) is 23.4 Å². The highest BCUT2D eigenvalue weighted by molar-refractivity contribution is 7.14. The summed E-state index contributed by atoms with van der Waals surface area (Å²) in [4.78, 5) is 20.0. The summed E-state index contributed by atoms with van der Waals surface area (Å²) in [5.41, 5.74) is 0.849. The van der Waals surface area contributed by atoms with Crippen molar-refractivity contribution in [2.75, 3.05) is 0 Å². The SMILES string of the molecule is O=c1cc(C2CCCC2)nc(-c2cc(Cl)cs2)[nH]1. The van der Waals surface area contributed by atoms with E-state index in [4.69, 9.17) is 11.6 Å². The summed E-state index contributed by atoms with van der Waals surface area (Å²) in [5.74, 6) is 1.09. The average Bonchev–Trinajstić information content (AvgIpc) is 2.98. The van der Waals surface area contributed by atoms with Crippen LogP contribution >= 0.6 is 22.9 Å². The Bertz CT molecular complexity index is 613. The topological polar surface area (TPSA) is 45.8 Å². The van der Waals surface area contributed by atoms with Gasteiger partial charge in [-0.15, -0.1) is 11.3 Å². The average molecular weight is 281 g/mol. The molecule has 1 aliphatic rings. The molecule has 2 heterocycles. The van der Waals surface area contributed by atoms with Crippen molar-refractivity contribution in [3.8, 4) is 10.7 Å². The molecule has 0 saturated heterocycles. The molecule has 2 aromatic rings. The van der Waals surface area contributed by atoms with E-state index in [9.17, 15) is 4.79 Å². The second kappa shape index (κ2) is 4.86. The number of thiophene rings is 1. The Morgan fingerprint density at radius 2 is 2.11 bits per heavy atom. The van der Waals surface area contributed by atoms with Crippen molar-refractivity contribution in [3.63, 3.8) is 0 Å². The van der Waals surface area contributed by atoms with Crippen LogP contribution in [0.1, 0.15) is 37.3 Å². The predicted octanol–water partition coefficient (Wildman–Crippen LogP) is 3.81. The van der Waals surface area contributed by atoms with E-state index in [1.807, 2.05) is 11.4 Å². The summed E-state index contributed by atoms with van der Waals surface area (Å²) in [6.07, 6.45) is 4.75. The van der Waals surface area contributed by atoms with Crippen LogP contribution < -0.4 is 5.56 Å². The lowest BCUT2D eigenvalue weighted by molar-refractivity contribution is 0.693. The monoisotopic (exact) mass is 280 g/mol. The summed E-state index contributed by atoms with van der Waals surface area (Å²) in [6.45, 7) is 0. The molecule has 3 rings (SSSR count). The van der Waals surface area contributed by atoms with Crippen molar-refractivity contribution in [2.45, 2.75) is 31.6 Å². The van der Waals surface area contributed by atoms with Gasteiger partial charge in [-0.3, -0.25) is 4.79 Å². The summed E-state index contributed by atoms with van der Waals surface area (Å²) >= 11 is 7.41. The first-order chi connectivity index (χ1) is 8.72. The fourth-order valence-corrected chi connectivity index (χ4v) is 3.48. The molecular weight excluding hydrogens is 268 g/mol. The molecule has 1 aliphatic carbocycles. The molecule has 0 amide bonds. The van der Waals surface area contributed by atoms with Crippen LogP contribution in [0, 0.1) is 0 Å². The van der Waals surface area contributed by atoms with Crippen molar-refractivity contribution >= 4 is 22.9 Å². The molecule has 94 valence electrons. The Kier molecular flexibility index (Phi) is 3.22. The molecule has 0 unspecified atom stereocenters. The standard InChI is InChI=1S/C13H13ClN2OS/c14-9-5-11(18-7-9)13-15-10(6-12(17)16-13)8-3-1-2-4-8/h5-8H,1-4H2,(H,15,16,17). The van der Waals surface area contributed by atoms with Gasteiger partial charge in [0.2, 0.25) is 0 Å². The van der Waals surface area contributed by atoms with Gasteiger partial charge in [-0.05, 0) is 18.9 Å². The van der Waals surface area contributed by atoms with Crippen LogP contribution in [0.15, 0.2) is 22.3 Å². The smallest absolute Gasteiger partial charge is 0.251 e. The van der Waals surface area contributed by atoms with Crippen molar-refractivity contribution in [1.29, 1.82) is 0 Å². The summed E-state index contributed by atoms with van der Waals surface area (Å²) < 4.78 is 0. The first-order valence-electron chi connectivity index (χ1n) is 6.08. The Morgan fingerprint density at radius 3 is 2.78 bits per heavy atom. The first-order valence-corrected chi connectivity index (χ1v) is 7.34. The lowest BCUT2D eigenvalue weighted by Crippen LogP contribution is -2.11. The largest absolute Gasteiger partial charge is 0.306 e. The number of rotatable bonds is 2. The highest BCUT2D eigenvalue weighted by Gasteiger charge is 2.19. The fourth-order valence-electron chi connectivity index (χ4n) is 2.46. The number of nitrogens with one attached hydrogen (secondary N) is 1. The van der Waals surface area contributed by atoms with Crippen LogP contribution in [0.3, 0.4) is 0 Å². The van der Waals surface area contributed by atoms with Crippen molar-refractivity contribution in [3.05, 3.63) is 38.6 Å². The number of aromatic amines is 1. The van der Waals surface area contributed by atoms with Gasteiger partial charge >= 0.3 is 0 Å². The van der Waals surface area contributed by atoms with Crippen LogP contribution in [0.2, 0.25) is 5.02 Å². The third kappa shape index (κ3) is 2.35. The maximum atomic E-state index is 11.7. The van der Waals surface area contributed by atoms with E-state index in [1.165, 1.54) is 24.2 Å². The summed E-state index contributed by atoms with van der Waals surface area (Å²) in [7, 11) is 0. The van der Waals surface area contributed by atoms with Crippen molar-refractivity contribution in [2.24, 2.45) is 0 Å². The predicted molar refractivity (Wildman–Crippen MR) is 74.4 cm³/mol. The van der Waals surface area contributed by atoms with Crippen LogP contribution in [-0.2, 0) is 0 Å². The van der Waals surface area contributed by atoms with E-state index in [0.29, 0.717) is 16.8 Å². The number of aromatic nitrogens is 2. The highest BCUT2D eigenvalue weighted by atomic mass is 35.5. The zero-order chi connectivity index (χ0) is 12.5. The maximum Gasteiger partial charge on any atom is 0.251 e. The zero-order valence-corrected chi connectivity index (χ0v) is 11.4. The minimum atomic E-state index is -0.0774. The number of nitrogens with zero attached hydrogens (tertiary/aromatic N) is 1. The number of hydrogen-bond donors (Lipinski definition) is 1. The van der Waals surface area contributed by atoms with Gasteiger partial charge in [0.15, 0.2) is 5.82 Å². The summed E-state index contributed by atoms with van der Waals surface area (Å²) in [6, 6.07) is 3.47. The Balaban J connectivity index is 2.02. The van der Waals surface area contributed by atoms with Gasteiger partial charge in [-0.25, -0.2) is 4.98 Å². The molecule has 1 fully saturated rings. The molecule has 1 N–H and O–H groups in total. The fraction of sp³-hybridized carbons (Fsp3) is 0.385. The van der Waals surface area contributed by atoms with Crippen molar-refractivity contribution < 1.29 is 0 Å². The molecule has 5 heteroatoms. The molecular formula is C13H13ClN2OS. The molecule has 0 bridgehead atoms. The van der Waals surface area contributed by atoms with Gasteiger partial charge in [-0.2, -0.15) is 0 Å². The molecule has 0 radical (unpaired) electrons. The zero-order valence-electron chi connectivity index (χ0n) is 9.78. The minimum absolute atomic E-state index is 0.0774. The third-order valence-electron chi connectivity index (χ3n) is 3.34.